The number of pyridine rings is 1. The van der Waals surface area contributed by atoms with E-state index in [1.54, 1.807) is 4.57 Å². The minimum atomic E-state index is 0.0129. The van der Waals surface area contributed by atoms with Crippen molar-refractivity contribution >= 4 is 16.8 Å². The molecule has 3 aromatic rings. The Bertz CT molecular complexity index is 883. The van der Waals surface area contributed by atoms with Gasteiger partial charge in [-0.15, -0.1) is 0 Å². The Morgan fingerprint density at radius 1 is 1.09 bits per heavy atom. The first kappa shape index (κ1) is 15.2. The first-order chi connectivity index (χ1) is 11.3. The second-order valence-corrected chi connectivity index (χ2v) is 5.35. The SMILES string of the molecule is O=c1c2ccc(/C=C/CNO)cc2ccn1Cc1ccccc1. The number of nitrogens with zero attached hydrogens (tertiary/aromatic N) is 1. The van der Waals surface area contributed by atoms with Crippen LogP contribution in [0.5, 0.6) is 0 Å². The van der Waals surface area contributed by atoms with Gasteiger partial charge in [0.05, 0.1) is 6.54 Å². The molecule has 0 amide bonds. The lowest BCUT2D eigenvalue weighted by Gasteiger charge is -2.08. The van der Waals surface area contributed by atoms with E-state index in [1.807, 2.05) is 72.9 Å². The fraction of sp³-hybridized carbons (Fsp3) is 0.105. The molecule has 0 spiro atoms. The first-order valence-electron chi connectivity index (χ1n) is 7.48. The van der Waals surface area contributed by atoms with Crippen molar-refractivity contribution < 1.29 is 5.21 Å². The molecule has 3 rings (SSSR count). The van der Waals surface area contributed by atoms with Crippen molar-refractivity contribution in [3.8, 4) is 0 Å². The summed E-state index contributed by atoms with van der Waals surface area (Å²) in [6, 6.07) is 17.6. The van der Waals surface area contributed by atoms with Crippen LogP contribution >= 0.6 is 0 Å². The topological polar surface area (TPSA) is 54.3 Å². The van der Waals surface area contributed by atoms with Crippen molar-refractivity contribution in [3.05, 3.63) is 88.4 Å². The molecule has 2 aromatic carbocycles. The summed E-state index contributed by atoms with van der Waals surface area (Å²) >= 11 is 0. The lowest BCUT2D eigenvalue weighted by atomic mass is 10.1. The molecular weight excluding hydrogens is 288 g/mol. The van der Waals surface area contributed by atoms with E-state index in [0.29, 0.717) is 18.5 Å². The average Bonchev–Trinajstić information content (AvgIpc) is 2.59. The van der Waals surface area contributed by atoms with Gasteiger partial charge in [-0.05, 0) is 34.7 Å². The third kappa shape index (κ3) is 3.56. The van der Waals surface area contributed by atoms with Crippen LogP contribution < -0.4 is 11.0 Å². The van der Waals surface area contributed by atoms with E-state index in [4.69, 9.17) is 5.21 Å². The van der Waals surface area contributed by atoms with Gasteiger partial charge in [-0.1, -0.05) is 48.6 Å². The molecule has 1 heterocycles. The van der Waals surface area contributed by atoms with Crippen molar-refractivity contribution in [2.24, 2.45) is 0 Å². The first-order valence-corrected chi connectivity index (χ1v) is 7.48. The molecular formula is C19H18N2O2. The van der Waals surface area contributed by atoms with Crippen LogP contribution in [-0.4, -0.2) is 16.3 Å². The van der Waals surface area contributed by atoms with Gasteiger partial charge < -0.3 is 9.77 Å². The maximum atomic E-state index is 12.6. The smallest absolute Gasteiger partial charge is 0.258 e. The monoisotopic (exact) mass is 306 g/mol. The zero-order chi connectivity index (χ0) is 16.1. The van der Waals surface area contributed by atoms with Crippen LogP contribution in [0.15, 0.2) is 71.7 Å². The fourth-order valence-corrected chi connectivity index (χ4v) is 2.56. The lowest BCUT2D eigenvalue weighted by molar-refractivity contribution is 0.180. The zero-order valence-corrected chi connectivity index (χ0v) is 12.6. The van der Waals surface area contributed by atoms with Crippen molar-refractivity contribution in [1.82, 2.24) is 10.0 Å². The number of fused-ring (bicyclic) bond motifs is 1. The van der Waals surface area contributed by atoms with Crippen LogP contribution in [0.1, 0.15) is 11.1 Å². The van der Waals surface area contributed by atoms with E-state index in [2.05, 4.69) is 5.48 Å². The molecule has 4 nitrogen and oxygen atoms in total. The van der Waals surface area contributed by atoms with E-state index in [1.165, 1.54) is 0 Å². The van der Waals surface area contributed by atoms with Crippen LogP contribution in [0, 0.1) is 0 Å². The maximum Gasteiger partial charge on any atom is 0.258 e. The molecule has 0 radical (unpaired) electrons. The molecule has 0 saturated heterocycles. The van der Waals surface area contributed by atoms with Crippen LogP contribution in [0.4, 0.5) is 0 Å². The molecule has 23 heavy (non-hydrogen) atoms. The van der Waals surface area contributed by atoms with Gasteiger partial charge in [0.25, 0.3) is 5.56 Å². The van der Waals surface area contributed by atoms with Gasteiger partial charge in [-0.25, -0.2) is 5.48 Å². The highest BCUT2D eigenvalue weighted by Gasteiger charge is 2.04. The Hall–Kier alpha value is -2.69. The standard InChI is InChI=1S/C19H18N2O2/c22-19-18-9-8-15(7-4-11-20-23)13-17(18)10-12-21(19)14-16-5-2-1-3-6-16/h1-10,12-13,20,23H,11,14H2/b7-4+. The van der Waals surface area contributed by atoms with Crippen molar-refractivity contribution in [1.29, 1.82) is 0 Å². The molecule has 0 saturated carbocycles. The minimum Gasteiger partial charge on any atom is -0.317 e. The summed E-state index contributed by atoms with van der Waals surface area (Å²) in [5, 5.41) is 10.2. The summed E-state index contributed by atoms with van der Waals surface area (Å²) in [6.07, 6.45) is 5.55. The fourth-order valence-electron chi connectivity index (χ4n) is 2.56. The number of hydroxylamine groups is 1. The number of hydrogen-bond donors (Lipinski definition) is 2. The van der Waals surface area contributed by atoms with Gasteiger partial charge in [0.15, 0.2) is 0 Å². The summed E-state index contributed by atoms with van der Waals surface area (Å²) in [5.41, 5.74) is 4.18. The van der Waals surface area contributed by atoms with Crippen LogP contribution in [-0.2, 0) is 6.54 Å². The van der Waals surface area contributed by atoms with Gasteiger partial charge >= 0.3 is 0 Å². The molecule has 2 N–H and O–H groups in total. The van der Waals surface area contributed by atoms with E-state index in [-0.39, 0.29) is 5.56 Å². The van der Waals surface area contributed by atoms with Gasteiger partial charge in [0.1, 0.15) is 0 Å². The highest BCUT2D eigenvalue weighted by atomic mass is 16.5. The van der Waals surface area contributed by atoms with Gasteiger partial charge in [-0.2, -0.15) is 0 Å². The largest absolute Gasteiger partial charge is 0.317 e. The Kier molecular flexibility index (Phi) is 4.66. The molecule has 4 heteroatoms. The Morgan fingerprint density at radius 3 is 2.70 bits per heavy atom. The third-order valence-electron chi connectivity index (χ3n) is 3.72. The minimum absolute atomic E-state index is 0.0129. The van der Waals surface area contributed by atoms with E-state index >= 15 is 0 Å². The number of hydrogen-bond acceptors (Lipinski definition) is 3. The second-order valence-electron chi connectivity index (χ2n) is 5.35. The van der Waals surface area contributed by atoms with E-state index < -0.39 is 0 Å². The summed E-state index contributed by atoms with van der Waals surface area (Å²) in [4.78, 5) is 12.6. The van der Waals surface area contributed by atoms with Crippen LogP contribution in [0.3, 0.4) is 0 Å². The predicted molar refractivity (Wildman–Crippen MR) is 92.6 cm³/mol. The van der Waals surface area contributed by atoms with Gasteiger partial charge in [-0.3, -0.25) is 4.79 Å². The molecule has 0 unspecified atom stereocenters. The predicted octanol–water partition coefficient (Wildman–Crippen LogP) is 3.04. The summed E-state index contributed by atoms with van der Waals surface area (Å²) in [5.74, 6) is 0. The van der Waals surface area contributed by atoms with Gasteiger partial charge in [0, 0.05) is 18.1 Å². The Morgan fingerprint density at radius 2 is 1.91 bits per heavy atom. The molecule has 0 bridgehead atoms. The molecule has 1 aromatic heterocycles. The molecule has 0 aliphatic rings. The van der Waals surface area contributed by atoms with Gasteiger partial charge in [0.2, 0.25) is 0 Å². The molecule has 0 aliphatic heterocycles. The van der Waals surface area contributed by atoms with Crippen molar-refractivity contribution in [3.63, 3.8) is 0 Å². The zero-order valence-electron chi connectivity index (χ0n) is 12.6. The Balaban J connectivity index is 1.93. The van der Waals surface area contributed by atoms with Crippen LogP contribution in [0.25, 0.3) is 16.8 Å². The van der Waals surface area contributed by atoms with E-state index in [9.17, 15) is 4.79 Å². The third-order valence-corrected chi connectivity index (χ3v) is 3.72. The van der Waals surface area contributed by atoms with Crippen LogP contribution in [0.2, 0.25) is 0 Å². The average molecular weight is 306 g/mol. The molecule has 0 fully saturated rings. The van der Waals surface area contributed by atoms with Crippen molar-refractivity contribution in [2.75, 3.05) is 6.54 Å². The quantitative estimate of drug-likeness (QED) is 0.712. The summed E-state index contributed by atoms with van der Waals surface area (Å²) in [7, 11) is 0. The summed E-state index contributed by atoms with van der Waals surface area (Å²) < 4.78 is 1.73. The normalized spacial score (nSPS) is 11.3. The molecule has 116 valence electrons. The summed E-state index contributed by atoms with van der Waals surface area (Å²) in [6.45, 7) is 0.955. The number of rotatable bonds is 5. The highest BCUT2D eigenvalue weighted by Crippen LogP contribution is 2.14. The number of benzene rings is 2. The lowest BCUT2D eigenvalue weighted by Crippen LogP contribution is -2.19. The highest BCUT2D eigenvalue weighted by molar-refractivity contribution is 5.83. The Labute approximate surface area is 134 Å². The number of nitrogens with one attached hydrogen (secondary N) is 1. The second kappa shape index (κ2) is 7.05. The van der Waals surface area contributed by atoms with Crippen molar-refractivity contribution in [2.45, 2.75) is 6.54 Å². The molecule has 0 atom stereocenters. The molecule has 0 aliphatic carbocycles. The van der Waals surface area contributed by atoms with E-state index in [0.717, 1.165) is 16.5 Å². The number of aromatic nitrogens is 1. The maximum absolute atomic E-state index is 12.6.